The SMILES string of the molecule is O=C1[C@@H]2C(c3cccc([N+](=O)[O-])c3)=NO[C@H]2C(=O)N1c1ccc(F)cc1. The van der Waals surface area contributed by atoms with Crippen molar-refractivity contribution >= 4 is 28.9 Å². The molecular formula is C17H10FN3O5. The van der Waals surface area contributed by atoms with Crippen LogP contribution in [0.4, 0.5) is 15.8 Å². The summed E-state index contributed by atoms with van der Waals surface area (Å²) in [5.74, 6) is -2.69. The summed E-state index contributed by atoms with van der Waals surface area (Å²) < 4.78 is 13.1. The summed E-state index contributed by atoms with van der Waals surface area (Å²) >= 11 is 0. The first-order chi connectivity index (χ1) is 12.5. The van der Waals surface area contributed by atoms with E-state index in [0.29, 0.717) is 5.56 Å². The van der Waals surface area contributed by atoms with Crippen LogP contribution in [-0.2, 0) is 14.4 Å². The Kier molecular flexibility index (Phi) is 3.50. The zero-order chi connectivity index (χ0) is 18.4. The van der Waals surface area contributed by atoms with Crippen molar-refractivity contribution in [2.24, 2.45) is 11.1 Å². The van der Waals surface area contributed by atoms with E-state index in [2.05, 4.69) is 5.16 Å². The van der Waals surface area contributed by atoms with Crippen LogP contribution in [0.1, 0.15) is 5.56 Å². The molecule has 4 rings (SSSR count). The van der Waals surface area contributed by atoms with Crippen molar-refractivity contribution in [2.75, 3.05) is 4.90 Å². The number of nitro benzene ring substituents is 1. The van der Waals surface area contributed by atoms with E-state index in [1.807, 2.05) is 0 Å². The lowest BCUT2D eigenvalue weighted by Crippen LogP contribution is -2.33. The van der Waals surface area contributed by atoms with Crippen LogP contribution in [0.15, 0.2) is 53.7 Å². The fraction of sp³-hybridized carbons (Fsp3) is 0.118. The van der Waals surface area contributed by atoms with Crippen LogP contribution in [0.3, 0.4) is 0 Å². The third kappa shape index (κ3) is 2.32. The molecule has 2 amide bonds. The molecule has 0 radical (unpaired) electrons. The van der Waals surface area contributed by atoms with Crippen molar-refractivity contribution in [1.82, 2.24) is 0 Å². The first kappa shape index (κ1) is 15.9. The lowest BCUT2D eigenvalue weighted by molar-refractivity contribution is -0.384. The lowest BCUT2D eigenvalue weighted by atomic mass is 9.94. The topological polar surface area (TPSA) is 102 Å². The van der Waals surface area contributed by atoms with Gasteiger partial charge in [-0.15, -0.1) is 0 Å². The summed E-state index contributed by atoms with van der Waals surface area (Å²) in [4.78, 5) is 41.8. The number of carbonyl (C=O) groups excluding carboxylic acids is 2. The number of hydrogen-bond acceptors (Lipinski definition) is 6. The van der Waals surface area contributed by atoms with Crippen LogP contribution < -0.4 is 4.90 Å². The van der Waals surface area contributed by atoms with Gasteiger partial charge in [-0.05, 0) is 24.3 Å². The molecule has 9 heteroatoms. The molecule has 2 atom stereocenters. The van der Waals surface area contributed by atoms with Crippen LogP contribution in [0.25, 0.3) is 0 Å². The number of oxime groups is 1. The monoisotopic (exact) mass is 355 g/mol. The number of fused-ring (bicyclic) bond motifs is 1. The zero-order valence-corrected chi connectivity index (χ0v) is 13.0. The molecule has 2 aromatic carbocycles. The Labute approximate surface area is 145 Å². The van der Waals surface area contributed by atoms with Crippen LogP contribution in [-0.4, -0.2) is 28.6 Å². The van der Waals surface area contributed by atoms with Gasteiger partial charge >= 0.3 is 0 Å². The predicted molar refractivity (Wildman–Crippen MR) is 86.9 cm³/mol. The van der Waals surface area contributed by atoms with E-state index >= 15 is 0 Å². The Hall–Kier alpha value is -3.62. The number of halogens is 1. The second-order valence-electron chi connectivity index (χ2n) is 5.78. The molecule has 2 aliphatic heterocycles. The largest absolute Gasteiger partial charge is 0.381 e. The summed E-state index contributed by atoms with van der Waals surface area (Å²) in [6, 6.07) is 10.5. The van der Waals surface area contributed by atoms with Gasteiger partial charge < -0.3 is 4.84 Å². The van der Waals surface area contributed by atoms with E-state index in [1.54, 1.807) is 6.07 Å². The quantitative estimate of drug-likeness (QED) is 0.476. The fourth-order valence-electron chi connectivity index (χ4n) is 3.04. The minimum absolute atomic E-state index is 0.154. The van der Waals surface area contributed by atoms with Crippen molar-refractivity contribution in [1.29, 1.82) is 0 Å². The van der Waals surface area contributed by atoms with Crippen molar-refractivity contribution < 1.29 is 23.7 Å². The van der Waals surface area contributed by atoms with Gasteiger partial charge in [0.05, 0.1) is 10.6 Å². The average molecular weight is 355 g/mol. The molecular weight excluding hydrogens is 345 g/mol. The van der Waals surface area contributed by atoms with Gasteiger partial charge in [0, 0.05) is 17.7 Å². The Morgan fingerprint density at radius 2 is 1.85 bits per heavy atom. The highest BCUT2D eigenvalue weighted by Crippen LogP contribution is 2.35. The maximum Gasteiger partial charge on any atom is 0.278 e. The second kappa shape index (κ2) is 5.73. The normalized spacial score (nSPS) is 21.4. The summed E-state index contributed by atoms with van der Waals surface area (Å²) in [7, 11) is 0. The molecule has 0 aromatic heterocycles. The van der Waals surface area contributed by atoms with E-state index in [1.165, 1.54) is 30.3 Å². The highest BCUT2D eigenvalue weighted by Gasteiger charge is 2.56. The zero-order valence-electron chi connectivity index (χ0n) is 13.0. The summed E-state index contributed by atoms with van der Waals surface area (Å²) in [5.41, 5.74) is 0.536. The number of carbonyl (C=O) groups is 2. The molecule has 2 aliphatic rings. The first-order valence-electron chi connectivity index (χ1n) is 7.59. The van der Waals surface area contributed by atoms with Gasteiger partial charge in [-0.25, -0.2) is 9.29 Å². The molecule has 2 heterocycles. The number of rotatable bonds is 3. The number of non-ortho nitro benzene ring substituents is 1. The summed E-state index contributed by atoms with van der Waals surface area (Å²) in [6.45, 7) is 0. The molecule has 1 saturated heterocycles. The molecule has 130 valence electrons. The van der Waals surface area contributed by atoms with Crippen molar-refractivity contribution in [3.05, 3.63) is 70.0 Å². The van der Waals surface area contributed by atoms with Crippen molar-refractivity contribution in [3.8, 4) is 0 Å². The third-order valence-corrected chi connectivity index (χ3v) is 4.25. The minimum atomic E-state index is -1.14. The van der Waals surface area contributed by atoms with Crippen molar-refractivity contribution in [3.63, 3.8) is 0 Å². The first-order valence-corrected chi connectivity index (χ1v) is 7.59. The van der Waals surface area contributed by atoms with Gasteiger partial charge in [0.25, 0.3) is 11.6 Å². The van der Waals surface area contributed by atoms with E-state index in [9.17, 15) is 24.1 Å². The molecule has 0 unspecified atom stereocenters. The number of hydrogen-bond donors (Lipinski definition) is 0. The molecule has 26 heavy (non-hydrogen) atoms. The minimum Gasteiger partial charge on any atom is -0.381 e. The number of imide groups is 1. The molecule has 8 nitrogen and oxygen atoms in total. The van der Waals surface area contributed by atoms with Gasteiger partial charge in [0.1, 0.15) is 17.4 Å². The maximum atomic E-state index is 13.1. The Morgan fingerprint density at radius 1 is 1.12 bits per heavy atom. The summed E-state index contributed by atoms with van der Waals surface area (Å²) in [6.07, 6.45) is -1.14. The number of anilines is 1. The van der Waals surface area contributed by atoms with Crippen molar-refractivity contribution in [2.45, 2.75) is 6.10 Å². The molecule has 0 bridgehead atoms. The Balaban J connectivity index is 1.70. The predicted octanol–water partition coefficient (Wildman–Crippen LogP) is 2.03. The second-order valence-corrected chi connectivity index (χ2v) is 5.78. The number of amides is 2. The van der Waals surface area contributed by atoms with Crippen LogP contribution >= 0.6 is 0 Å². The number of benzene rings is 2. The van der Waals surface area contributed by atoms with E-state index < -0.39 is 34.6 Å². The van der Waals surface area contributed by atoms with E-state index in [0.717, 1.165) is 17.0 Å². The number of nitro groups is 1. The van der Waals surface area contributed by atoms with Crippen LogP contribution in [0.2, 0.25) is 0 Å². The fourth-order valence-corrected chi connectivity index (χ4v) is 3.04. The molecule has 0 N–H and O–H groups in total. The highest BCUT2D eigenvalue weighted by molar-refractivity contribution is 6.32. The molecule has 0 aliphatic carbocycles. The van der Waals surface area contributed by atoms with Gasteiger partial charge in [-0.3, -0.25) is 19.7 Å². The Morgan fingerprint density at radius 3 is 2.54 bits per heavy atom. The maximum absolute atomic E-state index is 13.1. The van der Waals surface area contributed by atoms with Gasteiger partial charge in [-0.1, -0.05) is 17.3 Å². The van der Waals surface area contributed by atoms with Crippen LogP contribution in [0, 0.1) is 21.8 Å². The number of nitrogens with zero attached hydrogens (tertiary/aromatic N) is 3. The van der Waals surface area contributed by atoms with Gasteiger partial charge in [0.15, 0.2) is 0 Å². The van der Waals surface area contributed by atoms with E-state index in [4.69, 9.17) is 4.84 Å². The molecule has 0 saturated carbocycles. The standard InChI is InChI=1S/C17H10FN3O5/c18-10-4-6-11(7-5-10)20-16(22)13-14(19-26-15(13)17(20)23)9-2-1-3-12(8-9)21(24)25/h1-8,13,15H/t13-,15-/m1/s1. The Bertz CT molecular complexity index is 973. The van der Waals surface area contributed by atoms with Crippen LogP contribution in [0.5, 0.6) is 0 Å². The van der Waals surface area contributed by atoms with Gasteiger partial charge in [0.2, 0.25) is 12.0 Å². The third-order valence-electron chi connectivity index (χ3n) is 4.25. The summed E-state index contributed by atoms with van der Waals surface area (Å²) in [5, 5.41) is 14.8. The highest BCUT2D eigenvalue weighted by atomic mass is 19.1. The average Bonchev–Trinajstić information content (AvgIpc) is 3.17. The lowest BCUT2D eigenvalue weighted by Gasteiger charge is -2.15. The molecule has 2 aromatic rings. The smallest absolute Gasteiger partial charge is 0.278 e. The molecule has 1 fully saturated rings. The molecule has 0 spiro atoms. The van der Waals surface area contributed by atoms with Gasteiger partial charge in [-0.2, -0.15) is 0 Å². The van der Waals surface area contributed by atoms with E-state index in [-0.39, 0.29) is 17.1 Å².